The number of halogens is 1. The number of aromatic nitrogens is 2. The zero-order chi connectivity index (χ0) is 60.2. The number of anilines is 6. The lowest BCUT2D eigenvalue weighted by Gasteiger charge is -2.15. The molecule has 0 saturated heterocycles. The van der Waals surface area contributed by atoms with Gasteiger partial charge < -0.3 is 41.9 Å². The molecule has 0 bridgehead atoms. The van der Waals surface area contributed by atoms with Crippen LogP contribution in [-0.4, -0.2) is 69.6 Å². The minimum Gasteiger partial charge on any atom is -0.423 e. The molecule has 0 unspecified atom stereocenters. The maximum absolute atomic E-state index is 9.29. The monoisotopic (exact) mass is 1200 g/mol. The van der Waals surface area contributed by atoms with Gasteiger partial charge in [0, 0.05) is 135 Å². The van der Waals surface area contributed by atoms with Crippen LogP contribution in [0.5, 0.6) is 0 Å². The van der Waals surface area contributed by atoms with E-state index in [1.807, 2.05) is 187 Å². The topological polar surface area (TPSA) is 249 Å². The van der Waals surface area contributed by atoms with E-state index in [1.54, 1.807) is 30.3 Å². The van der Waals surface area contributed by atoms with E-state index in [2.05, 4.69) is 84.5 Å². The van der Waals surface area contributed by atoms with Crippen molar-refractivity contribution >= 4 is 128 Å². The van der Waals surface area contributed by atoms with Gasteiger partial charge in [-0.3, -0.25) is 0 Å². The second kappa shape index (κ2) is 29.0. The SMILES string of the molecule is C.C.CN(C)c1ccc2nnc3c4cccc(C#N)c4ccc3c2c1.CN(C)c1cccc(-c2ccc3c(C#N)cccc3c2N)c1.CN(C)c1cccc(B(O)O)c1.N#Cc1cccc2c(N)c(Br)ccc12.N#Cc1cccc2c(N)cccc12. The Morgan fingerprint density at radius 2 is 0.826 bits per heavy atom. The first-order valence-corrected chi connectivity index (χ1v) is 27.1. The lowest BCUT2D eigenvalue weighted by Crippen LogP contribution is -2.30. The summed E-state index contributed by atoms with van der Waals surface area (Å²) < 4.78 is 0.861. The molecule has 0 saturated carbocycles. The van der Waals surface area contributed by atoms with Gasteiger partial charge in [-0.1, -0.05) is 130 Å². The normalized spacial score (nSPS) is 10.1. The molecule has 0 spiro atoms. The highest BCUT2D eigenvalue weighted by atomic mass is 79.9. The summed E-state index contributed by atoms with van der Waals surface area (Å²) in [6, 6.07) is 70.1. The summed E-state index contributed by atoms with van der Waals surface area (Å²) >= 11 is 3.35. The highest BCUT2D eigenvalue weighted by Crippen LogP contribution is 2.36. The lowest BCUT2D eigenvalue weighted by atomic mass is 9.80. The largest absolute Gasteiger partial charge is 0.488 e. The van der Waals surface area contributed by atoms with Gasteiger partial charge in [-0.05, 0) is 106 Å². The molecular formula is C70H66BBrN12O2. The Morgan fingerprint density at radius 1 is 0.407 bits per heavy atom. The Balaban J connectivity index is 0.000000175. The molecule has 16 heteroatoms. The van der Waals surface area contributed by atoms with Gasteiger partial charge in [0.25, 0.3) is 0 Å². The first kappa shape index (κ1) is 64.5. The van der Waals surface area contributed by atoms with Gasteiger partial charge in [-0.15, -0.1) is 10.2 Å². The van der Waals surface area contributed by atoms with E-state index in [4.69, 9.17) is 37.8 Å². The third kappa shape index (κ3) is 14.2. The first-order chi connectivity index (χ1) is 40.5. The van der Waals surface area contributed by atoms with Crippen LogP contribution in [0.25, 0.3) is 76.0 Å². The van der Waals surface area contributed by atoms with E-state index < -0.39 is 7.12 Å². The van der Waals surface area contributed by atoms with E-state index >= 15 is 0 Å². The standard InChI is InChI=1S/C19H14N4.C19H17N3.C11H7BrN2.C11H8N2.C8H12BNO2.2CH4/c1-23(2)13-6-9-18-17(10-13)16-8-7-14-12(11-20)4-3-5-15(14)19(16)22-21-18;1-22(2)15-7-3-5-13(11-15)17-10-9-16-14(12-20)6-4-8-18(16)19(17)21;12-10-5-4-8-7(6-13)2-1-3-9(8)11(10)14;12-7-8-3-1-5-10-9(8)4-2-6-11(10)13;1-10(2)8-5-3-4-7(6-8)9(11)12;;/h3-10H,1-2H3;3-11H,21H2,1-2H3;1-5H,14H2;1-6H,13H2;3-6,11-12H,1-2H3;2*1H4. The summed E-state index contributed by atoms with van der Waals surface area (Å²) in [4.78, 5) is 6.04. The van der Waals surface area contributed by atoms with E-state index in [9.17, 15) is 10.5 Å². The van der Waals surface area contributed by atoms with Gasteiger partial charge in [0.15, 0.2) is 0 Å². The van der Waals surface area contributed by atoms with Gasteiger partial charge in [0.05, 0.1) is 57.7 Å². The number of hydrogen-bond donors (Lipinski definition) is 5. The van der Waals surface area contributed by atoms with Crippen molar-refractivity contribution in [2.45, 2.75) is 14.9 Å². The fraction of sp³-hybridized carbons (Fsp3) is 0.114. The van der Waals surface area contributed by atoms with Crippen molar-refractivity contribution < 1.29 is 10.0 Å². The van der Waals surface area contributed by atoms with Gasteiger partial charge in [-0.25, -0.2) is 0 Å². The van der Waals surface area contributed by atoms with Crippen LogP contribution in [0.4, 0.5) is 34.1 Å². The van der Waals surface area contributed by atoms with Gasteiger partial charge in [0.2, 0.25) is 0 Å². The number of benzene rings is 11. The third-order valence-electron chi connectivity index (χ3n) is 14.0. The average molecular weight is 1200 g/mol. The number of nitrogens with zero attached hydrogens (tertiary/aromatic N) is 9. The van der Waals surface area contributed by atoms with Crippen molar-refractivity contribution in [1.29, 1.82) is 21.0 Å². The summed E-state index contributed by atoms with van der Waals surface area (Å²) in [6.45, 7) is 0. The molecule has 0 aliphatic carbocycles. The number of nitrogens with two attached hydrogens (primary N) is 3. The summed E-state index contributed by atoms with van der Waals surface area (Å²) in [7, 11) is 10.5. The molecule has 428 valence electrons. The smallest absolute Gasteiger partial charge is 0.423 e. The van der Waals surface area contributed by atoms with Gasteiger partial charge in [-0.2, -0.15) is 21.0 Å². The summed E-state index contributed by atoms with van der Waals surface area (Å²) in [5.41, 5.74) is 30.3. The summed E-state index contributed by atoms with van der Waals surface area (Å²) in [5, 5.41) is 72.3. The van der Waals surface area contributed by atoms with E-state index in [-0.39, 0.29) is 14.9 Å². The van der Waals surface area contributed by atoms with E-state index in [0.717, 1.165) is 103 Å². The number of rotatable bonds is 5. The molecule has 8 N–H and O–H groups in total. The Bertz CT molecular complexity index is 4580. The van der Waals surface area contributed by atoms with Crippen molar-refractivity contribution in [3.05, 3.63) is 221 Å². The van der Waals surface area contributed by atoms with Crippen LogP contribution >= 0.6 is 15.9 Å². The number of fused-ring (bicyclic) bond motifs is 8. The Kier molecular flexibility index (Phi) is 21.7. The van der Waals surface area contributed by atoms with Crippen molar-refractivity contribution in [2.24, 2.45) is 0 Å². The van der Waals surface area contributed by atoms with Gasteiger partial charge in [0.1, 0.15) is 5.52 Å². The lowest BCUT2D eigenvalue weighted by molar-refractivity contribution is 0.426. The highest BCUT2D eigenvalue weighted by Gasteiger charge is 2.14. The zero-order valence-corrected chi connectivity index (χ0v) is 48.7. The maximum Gasteiger partial charge on any atom is 0.488 e. The van der Waals surface area contributed by atoms with Crippen molar-refractivity contribution in [3.63, 3.8) is 0 Å². The fourth-order valence-electron chi connectivity index (χ4n) is 9.50. The van der Waals surface area contributed by atoms with Crippen LogP contribution < -0.4 is 37.4 Å². The minimum atomic E-state index is -1.38. The first-order valence-electron chi connectivity index (χ1n) is 26.3. The predicted octanol–water partition coefficient (Wildman–Crippen LogP) is 14.0. The molecule has 0 aliphatic rings. The molecule has 14 nitrogen and oxygen atoms in total. The molecule has 0 radical (unpaired) electrons. The molecule has 11 aromatic carbocycles. The van der Waals surface area contributed by atoms with E-state index in [0.29, 0.717) is 39.1 Å². The molecule has 0 aliphatic heterocycles. The second-order valence-electron chi connectivity index (χ2n) is 20.0. The second-order valence-corrected chi connectivity index (χ2v) is 20.8. The Hall–Kier alpha value is -10.7. The summed E-state index contributed by atoms with van der Waals surface area (Å²) in [5.74, 6) is 0. The molecule has 0 atom stereocenters. The third-order valence-corrected chi connectivity index (χ3v) is 14.7. The van der Waals surface area contributed by atoms with Crippen molar-refractivity contribution in [2.75, 3.05) is 74.2 Å². The molecule has 0 amide bonds. The van der Waals surface area contributed by atoms with Crippen LogP contribution in [0, 0.1) is 45.3 Å². The molecule has 12 rings (SSSR count). The van der Waals surface area contributed by atoms with Crippen LogP contribution in [0.3, 0.4) is 0 Å². The Morgan fingerprint density at radius 3 is 1.38 bits per heavy atom. The van der Waals surface area contributed by atoms with Crippen molar-refractivity contribution in [3.8, 4) is 35.4 Å². The molecular weight excluding hydrogens is 1130 g/mol. The quantitative estimate of drug-likeness (QED) is 0.0611. The molecule has 0 fully saturated rings. The molecule has 86 heavy (non-hydrogen) atoms. The molecule has 12 aromatic rings. The minimum absolute atomic E-state index is 0. The zero-order valence-electron chi connectivity index (χ0n) is 47.1. The highest BCUT2D eigenvalue weighted by molar-refractivity contribution is 9.10. The fourth-order valence-corrected chi connectivity index (χ4v) is 9.85. The van der Waals surface area contributed by atoms with Crippen LogP contribution in [-0.2, 0) is 0 Å². The van der Waals surface area contributed by atoms with Gasteiger partial charge >= 0.3 is 7.12 Å². The Labute approximate surface area is 511 Å². The van der Waals surface area contributed by atoms with E-state index in [1.165, 1.54) is 0 Å². The van der Waals surface area contributed by atoms with Crippen molar-refractivity contribution in [1.82, 2.24) is 10.2 Å². The van der Waals surface area contributed by atoms with Crippen LogP contribution in [0.2, 0.25) is 0 Å². The summed E-state index contributed by atoms with van der Waals surface area (Å²) in [6.07, 6.45) is 0. The van der Waals surface area contributed by atoms with Crippen LogP contribution in [0.15, 0.2) is 199 Å². The molecule has 1 heterocycles. The maximum atomic E-state index is 9.29. The predicted molar refractivity (Wildman–Crippen MR) is 364 cm³/mol. The molecule has 1 aromatic heterocycles. The average Bonchev–Trinajstić information content (AvgIpc) is 2.12. The number of nitrogen functional groups attached to an aromatic ring is 3. The number of hydrogen-bond acceptors (Lipinski definition) is 14. The number of nitriles is 4. The van der Waals surface area contributed by atoms with Crippen LogP contribution in [0.1, 0.15) is 37.1 Å².